The Morgan fingerprint density at radius 3 is 2.64 bits per heavy atom. The van der Waals surface area contributed by atoms with E-state index in [1.807, 2.05) is 6.20 Å². The summed E-state index contributed by atoms with van der Waals surface area (Å²) in [5.74, 6) is 2.71. The molecule has 0 radical (unpaired) electrons. The summed E-state index contributed by atoms with van der Waals surface area (Å²) in [6.07, 6.45) is 6.73. The van der Waals surface area contributed by atoms with E-state index < -0.39 is 0 Å². The van der Waals surface area contributed by atoms with Crippen LogP contribution in [0.5, 0.6) is 0 Å². The topological polar surface area (TPSA) is 69.7 Å². The van der Waals surface area contributed by atoms with Crippen molar-refractivity contribution in [2.45, 2.75) is 45.3 Å². The van der Waals surface area contributed by atoms with Gasteiger partial charge in [0.25, 0.3) is 0 Å². The van der Waals surface area contributed by atoms with E-state index in [-0.39, 0.29) is 6.10 Å². The number of hydrogen-bond donors (Lipinski definition) is 1. The van der Waals surface area contributed by atoms with Crippen LogP contribution in [0.1, 0.15) is 37.4 Å². The molecule has 5 heterocycles. The van der Waals surface area contributed by atoms with E-state index in [2.05, 4.69) is 46.1 Å². The standard InChI is InChI=1S/C25H37N7O/c1-19-16-22-21(18-33-19)25(26-8-5-11-31-9-3-4-10-31)29-24(28-22)20-6-7-23(27-17-20)32-14-12-30(2)13-15-32/h6-7,17,19H,3-5,8-16,18H2,1-2H3,(H,26,28,29). The predicted octanol–water partition coefficient (Wildman–Crippen LogP) is 2.65. The first kappa shape index (κ1) is 22.5. The van der Waals surface area contributed by atoms with Gasteiger partial charge in [-0.3, -0.25) is 0 Å². The number of fused-ring (bicyclic) bond motifs is 1. The average Bonchev–Trinajstić information content (AvgIpc) is 3.35. The number of ether oxygens (including phenoxy) is 1. The van der Waals surface area contributed by atoms with Crippen LogP contribution in [0.15, 0.2) is 18.3 Å². The number of hydrogen-bond acceptors (Lipinski definition) is 8. The van der Waals surface area contributed by atoms with E-state index in [4.69, 9.17) is 19.7 Å². The zero-order chi connectivity index (χ0) is 22.6. The molecule has 33 heavy (non-hydrogen) atoms. The van der Waals surface area contributed by atoms with E-state index in [0.29, 0.717) is 6.61 Å². The molecule has 0 aromatic carbocycles. The smallest absolute Gasteiger partial charge is 0.163 e. The zero-order valence-electron chi connectivity index (χ0n) is 20.1. The van der Waals surface area contributed by atoms with Gasteiger partial charge in [0, 0.05) is 56.5 Å². The summed E-state index contributed by atoms with van der Waals surface area (Å²) in [6.45, 7) is 11.4. The van der Waals surface area contributed by atoms with Gasteiger partial charge in [0.15, 0.2) is 5.82 Å². The third-order valence-corrected chi connectivity index (χ3v) is 7.06. The lowest BCUT2D eigenvalue weighted by Gasteiger charge is -2.33. The van der Waals surface area contributed by atoms with E-state index >= 15 is 0 Å². The Hall–Kier alpha value is -2.29. The molecule has 3 aliphatic rings. The lowest BCUT2D eigenvalue weighted by Crippen LogP contribution is -2.44. The third kappa shape index (κ3) is 5.45. The number of piperazine rings is 1. The Kier molecular flexibility index (Phi) is 7.04. The monoisotopic (exact) mass is 451 g/mol. The van der Waals surface area contributed by atoms with Crippen molar-refractivity contribution in [2.24, 2.45) is 0 Å². The first-order chi connectivity index (χ1) is 16.2. The molecule has 1 N–H and O–H groups in total. The summed E-state index contributed by atoms with van der Waals surface area (Å²) in [7, 11) is 2.17. The van der Waals surface area contributed by atoms with Crippen molar-refractivity contribution in [3.63, 3.8) is 0 Å². The molecular formula is C25H37N7O. The maximum absolute atomic E-state index is 5.92. The summed E-state index contributed by atoms with van der Waals surface area (Å²) >= 11 is 0. The maximum atomic E-state index is 5.92. The number of likely N-dealkylation sites (tertiary alicyclic amines) is 1. The highest BCUT2D eigenvalue weighted by atomic mass is 16.5. The maximum Gasteiger partial charge on any atom is 0.163 e. The summed E-state index contributed by atoms with van der Waals surface area (Å²) in [5.41, 5.74) is 3.18. The van der Waals surface area contributed by atoms with Gasteiger partial charge in [-0.05, 0) is 65.0 Å². The van der Waals surface area contributed by atoms with Gasteiger partial charge in [0.05, 0.1) is 18.4 Å². The molecule has 8 nitrogen and oxygen atoms in total. The number of nitrogens with zero attached hydrogens (tertiary/aromatic N) is 6. The fourth-order valence-corrected chi connectivity index (χ4v) is 4.94. The van der Waals surface area contributed by atoms with Crippen LogP contribution in [0.3, 0.4) is 0 Å². The molecule has 2 aromatic rings. The van der Waals surface area contributed by atoms with Crippen LogP contribution in [0.25, 0.3) is 11.4 Å². The van der Waals surface area contributed by atoms with Crippen LogP contribution >= 0.6 is 0 Å². The number of rotatable bonds is 7. The molecule has 2 fully saturated rings. The predicted molar refractivity (Wildman–Crippen MR) is 132 cm³/mol. The number of pyridine rings is 1. The van der Waals surface area contributed by atoms with Gasteiger partial charge in [0.2, 0.25) is 0 Å². The van der Waals surface area contributed by atoms with Crippen molar-refractivity contribution >= 4 is 11.6 Å². The first-order valence-corrected chi connectivity index (χ1v) is 12.5. The van der Waals surface area contributed by atoms with Crippen molar-refractivity contribution in [1.82, 2.24) is 24.8 Å². The molecule has 1 unspecified atom stereocenters. The molecule has 0 bridgehead atoms. The second-order valence-electron chi connectivity index (χ2n) is 9.67. The lowest BCUT2D eigenvalue weighted by atomic mass is 10.1. The normalized spacial score (nSPS) is 21.9. The number of likely N-dealkylation sites (N-methyl/N-ethyl adjacent to an activating group) is 1. The molecule has 178 valence electrons. The third-order valence-electron chi connectivity index (χ3n) is 7.06. The van der Waals surface area contributed by atoms with Gasteiger partial charge in [-0.1, -0.05) is 0 Å². The Balaban J connectivity index is 1.31. The number of nitrogens with one attached hydrogen (secondary N) is 1. The van der Waals surface area contributed by atoms with Crippen LogP contribution in [0, 0.1) is 0 Å². The van der Waals surface area contributed by atoms with Crippen molar-refractivity contribution in [3.8, 4) is 11.4 Å². The van der Waals surface area contributed by atoms with Crippen molar-refractivity contribution in [2.75, 3.05) is 69.6 Å². The molecule has 1 atom stereocenters. The van der Waals surface area contributed by atoms with Gasteiger partial charge in [0.1, 0.15) is 11.6 Å². The Labute approximate surface area is 197 Å². The average molecular weight is 452 g/mol. The Bertz CT molecular complexity index is 921. The van der Waals surface area contributed by atoms with Crippen LogP contribution in [0.2, 0.25) is 0 Å². The molecule has 2 aromatic heterocycles. The SMILES string of the molecule is CC1Cc2nc(-c3ccc(N4CCN(C)CC4)nc3)nc(NCCCN3CCCC3)c2CO1. The first-order valence-electron chi connectivity index (χ1n) is 12.5. The molecule has 2 saturated heterocycles. The zero-order valence-corrected chi connectivity index (χ0v) is 20.1. The fraction of sp³-hybridized carbons (Fsp3) is 0.640. The van der Waals surface area contributed by atoms with Crippen LogP contribution in [0.4, 0.5) is 11.6 Å². The highest BCUT2D eigenvalue weighted by Gasteiger charge is 2.23. The van der Waals surface area contributed by atoms with Gasteiger partial charge >= 0.3 is 0 Å². The molecule has 0 spiro atoms. The number of aromatic nitrogens is 3. The minimum atomic E-state index is 0.181. The summed E-state index contributed by atoms with van der Waals surface area (Å²) in [6, 6.07) is 4.22. The van der Waals surface area contributed by atoms with E-state index in [0.717, 1.165) is 86.4 Å². The summed E-state index contributed by atoms with van der Waals surface area (Å²) < 4.78 is 5.92. The van der Waals surface area contributed by atoms with E-state index in [1.165, 1.54) is 25.9 Å². The summed E-state index contributed by atoms with van der Waals surface area (Å²) in [5, 5.41) is 3.60. The quantitative estimate of drug-likeness (QED) is 0.645. The molecule has 3 aliphatic heterocycles. The molecule has 0 amide bonds. The van der Waals surface area contributed by atoms with Crippen LogP contribution in [-0.2, 0) is 17.8 Å². The van der Waals surface area contributed by atoms with Gasteiger partial charge < -0.3 is 24.8 Å². The minimum Gasteiger partial charge on any atom is -0.373 e. The van der Waals surface area contributed by atoms with Crippen molar-refractivity contribution < 1.29 is 4.74 Å². The van der Waals surface area contributed by atoms with Crippen LogP contribution in [-0.4, -0.2) is 90.3 Å². The van der Waals surface area contributed by atoms with E-state index in [9.17, 15) is 0 Å². The molecule has 0 aliphatic carbocycles. The lowest BCUT2D eigenvalue weighted by molar-refractivity contribution is 0.0398. The summed E-state index contributed by atoms with van der Waals surface area (Å²) in [4.78, 5) is 21.9. The molecule has 5 rings (SSSR count). The number of anilines is 2. The second kappa shape index (κ2) is 10.3. The van der Waals surface area contributed by atoms with Crippen molar-refractivity contribution in [3.05, 3.63) is 29.6 Å². The molecular weight excluding hydrogens is 414 g/mol. The van der Waals surface area contributed by atoms with Crippen LogP contribution < -0.4 is 10.2 Å². The van der Waals surface area contributed by atoms with Crippen molar-refractivity contribution in [1.29, 1.82) is 0 Å². The van der Waals surface area contributed by atoms with Gasteiger partial charge in [-0.25, -0.2) is 15.0 Å². The molecule has 8 heteroatoms. The highest BCUT2D eigenvalue weighted by Crippen LogP contribution is 2.28. The largest absolute Gasteiger partial charge is 0.373 e. The fourth-order valence-electron chi connectivity index (χ4n) is 4.94. The Morgan fingerprint density at radius 2 is 1.88 bits per heavy atom. The van der Waals surface area contributed by atoms with Gasteiger partial charge in [-0.15, -0.1) is 0 Å². The highest BCUT2D eigenvalue weighted by molar-refractivity contribution is 5.61. The minimum absolute atomic E-state index is 0.181. The Morgan fingerprint density at radius 1 is 1.06 bits per heavy atom. The van der Waals surface area contributed by atoms with E-state index in [1.54, 1.807) is 0 Å². The molecule has 0 saturated carbocycles. The second-order valence-corrected chi connectivity index (χ2v) is 9.67. The van der Waals surface area contributed by atoms with Gasteiger partial charge in [-0.2, -0.15) is 0 Å².